The van der Waals surface area contributed by atoms with Gasteiger partial charge in [-0.3, -0.25) is 20.2 Å². The zero-order valence-corrected chi connectivity index (χ0v) is 13.1. The minimum absolute atomic E-state index is 0.00212. The number of rotatable bonds is 7. The van der Waals surface area contributed by atoms with E-state index in [0.717, 1.165) is 0 Å². The summed E-state index contributed by atoms with van der Waals surface area (Å²) in [5.74, 6) is -0.359. The fourth-order valence-electron chi connectivity index (χ4n) is 1.58. The van der Waals surface area contributed by atoms with Gasteiger partial charge in [0.2, 0.25) is 11.0 Å². The minimum atomic E-state index is -0.477. The summed E-state index contributed by atoms with van der Waals surface area (Å²) in [6, 6.07) is 5.88. The Kier molecular flexibility index (Phi) is 5.89. The molecule has 23 heavy (non-hydrogen) atoms. The number of carbonyl (C=O) groups is 1. The maximum atomic E-state index is 11.8. The lowest BCUT2D eigenvalue weighted by Gasteiger charge is -1.96. The van der Waals surface area contributed by atoms with E-state index in [9.17, 15) is 14.9 Å². The van der Waals surface area contributed by atoms with Gasteiger partial charge in [0.25, 0.3) is 5.69 Å². The van der Waals surface area contributed by atoms with Gasteiger partial charge in [-0.25, -0.2) is 0 Å². The number of nitrogens with zero attached hydrogens (tertiary/aromatic N) is 3. The Labute approximate surface area is 136 Å². The van der Waals surface area contributed by atoms with E-state index in [4.69, 9.17) is 4.74 Å². The Morgan fingerprint density at radius 3 is 2.78 bits per heavy atom. The van der Waals surface area contributed by atoms with Crippen molar-refractivity contribution in [2.24, 2.45) is 0 Å². The van der Waals surface area contributed by atoms with Gasteiger partial charge < -0.3 is 4.74 Å². The maximum Gasteiger partial charge on any atom is 0.269 e. The lowest BCUT2D eigenvalue weighted by Crippen LogP contribution is -2.07. The lowest BCUT2D eigenvalue weighted by molar-refractivity contribution is -0.384. The number of nitro benzene ring substituents is 1. The van der Waals surface area contributed by atoms with Crippen molar-refractivity contribution in [3.05, 3.63) is 51.0 Å². The highest BCUT2D eigenvalue weighted by Gasteiger charge is 2.06. The van der Waals surface area contributed by atoms with Crippen molar-refractivity contribution in [2.45, 2.75) is 13.5 Å². The smallest absolute Gasteiger partial charge is 0.269 e. The number of ether oxygens (including phenoxy) is 1. The molecule has 120 valence electrons. The van der Waals surface area contributed by atoms with Gasteiger partial charge in [0, 0.05) is 24.8 Å². The molecule has 0 saturated heterocycles. The van der Waals surface area contributed by atoms with Crippen LogP contribution in [0.1, 0.15) is 17.5 Å². The van der Waals surface area contributed by atoms with Crippen LogP contribution in [0.2, 0.25) is 0 Å². The molecule has 1 aromatic carbocycles. The molecule has 0 spiro atoms. The number of anilines is 1. The molecule has 1 amide bonds. The van der Waals surface area contributed by atoms with E-state index < -0.39 is 4.92 Å². The van der Waals surface area contributed by atoms with E-state index in [1.54, 1.807) is 18.2 Å². The van der Waals surface area contributed by atoms with Crippen LogP contribution in [-0.4, -0.2) is 27.6 Å². The summed E-state index contributed by atoms with van der Waals surface area (Å²) in [5.41, 5.74) is 0.683. The first-order chi connectivity index (χ1) is 11.1. The van der Waals surface area contributed by atoms with Crippen LogP contribution in [0.15, 0.2) is 30.3 Å². The van der Waals surface area contributed by atoms with E-state index in [0.29, 0.717) is 28.9 Å². The number of hydrogen-bond donors (Lipinski definition) is 1. The standard InChI is InChI=1S/C14H14N4O4S/c1-2-22-9-13-16-17-14(23-13)15-12(19)8-5-10-3-6-11(7-4-10)18(20)21/h3-8H,2,9H2,1H3,(H,15,17,19)/b8-5+. The molecule has 0 aliphatic heterocycles. The van der Waals surface area contributed by atoms with E-state index in [1.807, 2.05) is 6.92 Å². The number of carbonyl (C=O) groups excluding carboxylic acids is 1. The molecule has 0 fully saturated rings. The first-order valence-corrected chi connectivity index (χ1v) is 7.53. The average Bonchev–Trinajstić information content (AvgIpc) is 2.98. The van der Waals surface area contributed by atoms with Crippen molar-refractivity contribution in [2.75, 3.05) is 11.9 Å². The van der Waals surface area contributed by atoms with Gasteiger partial charge >= 0.3 is 0 Å². The molecule has 2 rings (SSSR count). The first-order valence-electron chi connectivity index (χ1n) is 6.72. The van der Waals surface area contributed by atoms with Crippen molar-refractivity contribution in [3.8, 4) is 0 Å². The average molecular weight is 334 g/mol. The Morgan fingerprint density at radius 1 is 1.39 bits per heavy atom. The summed E-state index contributed by atoms with van der Waals surface area (Å²) in [4.78, 5) is 21.9. The molecule has 0 saturated carbocycles. The maximum absolute atomic E-state index is 11.8. The number of nitro groups is 1. The molecular formula is C14H14N4O4S. The molecule has 1 aromatic heterocycles. The minimum Gasteiger partial charge on any atom is -0.374 e. The van der Waals surface area contributed by atoms with Gasteiger partial charge in [0.05, 0.1) is 4.92 Å². The summed E-state index contributed by atoms with van der Waals surface area (Å²) in [6.45, 7) is 2.83. The van der Waals surface area contributed by atoms with Crippen molar-refractivity contribution >= 4 is 34.1 Å². The van der Waals surface area contributed by atoms with Crippen molar-refractivity contribution in [1.82, 2.24) is 10.2 Å². The van der Waals surface area contributed by atoms with Crippen LogP contribution in [0.3, 0.4) is 0 Å². The normalized spacial score (nSPS) is 10.8. The van der Waals surface area contributed by atoms with Crippen LogP contribution >= 0.6 is 11.3 Å². The molecule has 9 heteroatoms. The van der Waals surface area contributed by atoms with Crippen LogP contribution < -0.4 is 5.32 Å². The van der Waals surface area contributed by atoms with Crippen molar-refractivity contribution in [3.63, 3.8) is 0 Å². The zero-order chi connectivity index (χ0) is 16.7. The molecule has 0 unspecified atom stereocenters. The number of aromatic nitrogens is 2. The van der Waals surface area contributed by atoms with Gasteiger partial charge in [-0.15, -0.1) is 10.2 Å². The third kappa shape index (κ3) is 5.24. The Bertz CT molecular complexity index is 712. The molecule has 2 aromatic rings. The van der Waals surface area contributed by atoms with Crippen LogP contribution in [-0.2, 0) is 16.1 Å². The summed E-state index contributed by atoms with van der Waals surface area (Å²) in [6.07, 6.45) is 2.88. The third-order valence-corrected chi connectivity index (χ3v) is 3.47. The zero-order valence-electron chi connectivity index (χ0n) is 12.3. The van der Waals surface area contributed by atoms with Crippen LogP contribution in [0.5, 0.6) is 0 Å². The van der Waals surface area contributed by atoms with E-state index in [1.165, 1.54) is 29.5 Å². The summed E-state index contributed by atoms with van der Waals surface area (Å²) in [5, 5.41) is 22.0. The van der Waals surface area contributed by atoms with Crippen LogP contribution in [0.25, 0.3) is 6.08 Å². The fourth-order valence-corrected chi connectivity index (χ4v) is 2.26. The molecule has 0 aliphatic rings. The molecule has 0 aliphatic carbocycles. The molecular weight excluding hydrogens is 320 g/mol. The van der Waals surface area contributed by atoms with Crippen molar-refractivity contribution in [1.29, 1.82) is 0 Å². The first kappa shape index (κ1) is 16.7. The number of nitrogens with one attached hydrogen (secondary N) is 1. The predicted molar refractivity (Wildman–Crippen MR) is 86.0 cm³/mol. The Balaban J connectivity index is 1.90. The fraction of sp³-hybridized carbons (Fsp3) is 0.214. The van der Waals surface area contributed by atoms with E-state index in [2.05, 4.69) is 15.5 Å². The second kappa shape index (κ2) is 8.11. The molecule has 1 N–H and O–H groups in total. The number of non-ortho nitro benzene ring substituents is 1. The monoisotopic (exact) mass is 334 g/mol. The van der Waals surface area contributed by atoms with E-state index in [-0.39, 0.29) is 11.6 Å². The van der Waals surface area contributed by atoms with E-state index >= 15 is 0 Å². The Morgan fingerprint density at radius 2 is 2.13 bits per heavy atom. The summed E-state index contributed by atoms with van der Waals surface area (Å²) in [7, 11) is 0. The summed E-state index contributed by atoms with van der Waals surface area (Å²) >= 11 is 1.24. The largest absolute Gasteiger partial charge is 0.374 e. The van der Waals surface area contributed by atoms with Gasteiger partial charge in [-0.1, -0.05) is 11.3 Å². The predicted octanol–water partition coefficient (Wildman–Crippen LogP) is 2.63. The molecule has 0 radical (unpaired) electrons. The molecule has 1 heterocycles. The van der Waals surface area contributed by atoms with Gasteiger partial charge in [-0.2, -0.15) is 0 Å². The lowest BCUT2D eigenvalue weighted by atomic mass is 10.2. The van der Waals surface area contributed by atoms with Crippen molar-refractivity contribution < 1.29 is 14.5 Å². The number of amides is 1. The molecule has 0 atom stereocenters. The molecule has 0 bridgehead atoms. The highest BCUT2D eigenvalue weighted by atomic mass is 32.1. The second-order valence-corrected chi connectivity index (χ2v) is 5.37. The highest BCUT2D eigenvalue weighted by Crippen LogP contribution is 2.16. The van der Waals surface area contributed by atoms with Gasteiger partial charge in [0.15, 0.2) is 0 Å². The van der Waals surface area contributed by atoms with Gasteiger partial charge in [0.1, 0.15) is 11.6 Å². The third-order valence-electron chi connectivity index (χ3n) is 2.66. The van der Waals surface area contributed by atoms with Crippen LogP contribution in [0, 0.1) is 10.1 Å². The van der Waals surface area contributed by atoms with Gasteiger partial charge in [-0.05, 0) is 30.7 Å². The highest BCUT2D eigenvalue weighted by molar-refractivity contribution is 7.15. The Hall–Kier alpha value is -2.65. The second-order valence-electron chi connectivity index (χ2n) is 4.31. The SMILES string of the molecule is CCOCc1nnc(NC(=O)/C=C/c2ccc([N+](=O)[O-])cc2)s1. The quantitative estimate of drug-likeness (QED) is 0.474. The molecule has 8 nitrogen and oxygen atoms in total. The topological polar surface area (TPSA) is 107 Å². The summed E-state index contributed by atoms with van der Waals surface area (Å²) < 4.78 is 5.20. The van der Waals surface area contributed by atoms with Crippen LogP contribution in [0.4, 0.5) is 10.8 Å². The number of hydrogen-bond acceptors (Lipinski definition) is 7. The number of benzene rings is 1.